The smallest absolute Gasteiger partial charge is 0.308 e. The van der Waals surface area contributed by atoms with E-state index in [9.17, 15) is 9.59 Å². The summed E-state index contributed by atoms with van der Waals surface area (Å²) in [4.78, 5) is 22.4. The Bertz CT molecular complexity index is 236. The van der Waals surface area contributed by atoms with Gasteiger partial charge in [0.15, 0.2) is 0 Å². The third-order valence-electron chi connectivity index (χ3n) is 2.55. The van der Waals surface area contributed by atoms with Crippen molar-refractivity contribution in [2.75, 3.05) is 13.2 Å². The van der Waals surface area contributed by atoms with Gasteiger partial charge >= 0.3 is 11.9 Å². The minimum Gasteiger partial charge on any atom is -0.462 e. The number of hydrogen-bond acceptors (Lipinski definition) is 4. The molecule has 0 aliphatic carbocycles. The molecule has 0 bridgehead atoms. The van der Waals surface area contributed by atoms with Gasteiger partial charge in [-0.15, -0.1) is 0 Å². The topological polar surface area (TPSA) is 52.6 Å². The maximum absolute atomic E-state index is 11.3. The molecule has 0 atom stereocenters. The molecule has 0 spiro atoms. The Morgan fingerprint density at radius 1 is 0.944 bits per heavy atom. The number of carbonyl (C=O) groups excluding carboxylic acids is 2. The van der Waals surface area contributed by atoms with Gasteiger partial charge in [0.05, 0.1) is 5.92 Å². The fraction of sp³-hybridized carbons (Fsp3) is 0.857. The van der Waals surface area contributed by atoms with Crippen molar-refractivity contribution in [2.24, 2.45) is 5.92 Å². The lowest BCUT2D eigenvalue weighted by molar-refractivity contribution is -0.154. The molecule has 4 nitrogen and oxygen atoms in total. The standard InChI is InChI=1S/C14H26O4/c1-4-5-6-7-8-9-13(15)17-10-11-18-14(16)12(2)3/h12H,4-11H2,1-3H3. The second-order valence-electron chi connectivity index (χ2n) is 4.71. The van der Waals surface area contributed by atoms with Gasteiger partial charge in [-0.25, -0.2) is 0 Å². The van der Waals surface area contributed by atoms with E-state index in [1.54, 1.807) is 13.8 Å². The summed E-state index contributed by atoms with van der Waals surface area (Å²) in [6.45, 7) is 6.01. The molecular weight excluding hydrogens is 232 g/mol. The normalized spacial score (nSPS) is 10.4. The van der Waals surface area contributed by atoms with E-state index in [2.05, 4.69) is 6.92 Å². The van der Waals surface area contributed by atoms with Crippen molar-refractivity contribution in [1.82, 2.24) is 0 Å². The van der Waals surface area contributed by atoms with Crippen molar-refractivity contribution in [3.63, 3.8) is 0 Å². The Morgan fingerprint density at radius 2 is 1.56 bits per heavy atom. The van der Waals surface area contributed by atoms with Crippen LogP contribution in [0.25, 0.3) is 0 Å². The van der Waals surface area contributed by atoms with Crippen molar-refractivity contribution in [3.05, 3.63) is 0 Å². The molecule has 0 aromatic carbocycles. The molecule has 4 heteroatoms. The molecule has 0 heterocycles. The maximum atomic E-state index is 11.3. The molecule has 0 amide bonds. The van der Waals surface area contributed by atoms with Crippen LogP contribution in [0.1, 0.15) is 59.3 Å². The average Bonchev–Trinajstić information content (AvgIpc) is 2.34. The first-order valence-electron chi connectivity index (χ1n) is 6.90. The molecule has 0 radical (unpaired) electrons. The van der Waals surface area contributed by atoms with E-state index < -0.39 is 0 Å². The monoisotopic (exact) mass is 258 g/mol. The number of hydrogen-bond donors (Lipinski definition) is 0. The van der Waals surface area contributed by atoms with Crippen LogP contribution in [0.15, 0.2) is 0 Å². The zero-order valence-corrected chi connectivity index (χ0v) is 11.9. The Hall–Kier alpha value is -1.06. The van der Waals surface area contributed by atoms with E-state index in [-0.39, 0.29) is 31.1 Å². The number of rotatable bonds is 10. The molecule has 0 saturated heterocycles. The quantitative estimate of drug-likeness (QED) is 0.446. The first kappa shape index (κ1) is 16.9. The highest BCUT2D eigenvalue weighted by Gasteiger charge is 2.08. The zero-order valence-electron chi connectivity index (χ0n) is 11.9. The van der Waals surface area contributed by atoms with E-state index in [0.717, 1.165) is 12.8 Å². The molecule has 0 aliphatic rings. The lowest BCUT2D eigenvalue weighted by Crippen LogP contribution is -2.17. The van der Waals surface area contributed by atoms with Gasteiger partial charge in [-0.1, -0.05) is 46.5 Å². The molecule has 0 saturated carbocycles. The highest BCUT2D eigenvalue weighted by Crippen LogP contribution is 2.05. The van der Waals surface area contributed by atoms with Crippen molar-refractivity contribution in [1.29, 1.82) is 0 Å². The fourth-order valence-electron chi connectivity index (χ4n) is 1.41. The number of ether oxygens (including phenoxy) is 2. The summed E-state index contributed by atoms with van der Waals surface area (Å²) in [5, 5.41) is 0. The van der Waals surface area contributed by atoms with Crippen LogP contribution in [0.4, 0.5) is 0 Å². The van der Waals surface area contributed by atoms with Gasteiger partial charge in [0.25, 0.3) is 0 Å². The van der Waals surface area contributed by atoms with Crippen molar-refractivity contribution in [3.8, 4) is 0 Å². The highest BCUT2D eigenvalue weighted by molar-refractivity contribution is 5.71. The summed E-state index contributed by atoms with van der Waals surface area (Å²) >= 11 is 0. The average molecular weight is 258 g/mol. The molecule has 106 valence electrons. The highest BCUT2D eigenvalue weighted by atomic mass is 16.6. The van der Waals surface area contributed by atoms with E-state index in [0.29, 0.717) is 6.42 Å². The molecule has 0 aromatic rings. The van der Waals surface area contributed by atoms with Crippen LogP contribution < -0.4 is 0 Å². The summed E-state index contributed by atoms with van der Waals surface area (Å²) < 4.78 is 9.86. The van der Waals surface area contributed by atoms with E-state index >= 15 is 0 Å². The second kappa shape index (κ2) is 11.1. The van der Waals surface area contributed by atoms with Crippen LogP contribution in [-0.2, 0) is 19.1 Å². The van der Waals surface area contributed by atoms with E-state index in [1.807, 2.05) is 0 Å². The van der Waals surface area contributed by atoms with Crippen molar-refractivity contribution in [2.45, 2.75) is 59.3 Å². The van der Waals surface area contributed by atoms with Crippen molar-refractivity contribution >= 4 is 11.9 Å². The number of esters is 2. The van der Waals surface area contributed by atoms with Crippen LogP contribution in [0.2, 0.25) is 0 Å². The SMILES string of the molecule is CCCCCCCC(=O)OCCOC(=O)C(C)C. The first-order valence-corrected chi connectivity index (χ1v) is 6.90. The minimum atomic E-state index is -0.259. The lowest BCUT2D eigenvalue weighted by atomic mass is 10.1. The Labute approximate surface area is 110 Å². The van der Waals surface area contributed by atoms with Gasteiger partial charge in [-0.05, 0) is 6.42 Å². The fourth-order valence-corrected chi connectivity index (χ4v) is 1.41. The third-order valence-corrected chi connectivity index (χ3v) is 2.55. The summed E-state index contributed by atoms with van der Waals surface area (Å²) in [7, 11) is 0. The van der Waals surface area contributed by atoms with E-state index in [4.69, 9.17) is 9.47 Å². The van der Waals surface area contributed by atoms with Gasteiger partial charge in [0, 0.05) is 6.42 Å². The van der Waals surface area contributed by atoms with Gasteiger partial charge in [-0.2, -0.15) is 0 Å². The lowest BCUT2D eigenvalue weighted by Gasteiger charge is -2.07. The molecule has 0 aliphatic heterocycles. The molecule has 18 heavy (non-hydrogen) atoms. The summed E-state index contributed by atoms with van der Waals surface area (Å²) in [5.74, 6) is -0.600. The maximum Gasteiger partial charge on any atom is 0.308 e. The van der Waals surface area contributed by atoms with Crippen LogP contribution in [-0.4, -0.2) is 25.2 Å². The van der Waals surface area contributed by atoms with Crippen LogP contribution in [0.3, 0.4) is 0 Å². The molecular formula is C14H26O4. The predicted molar refractivity (Wildman–Crippen MR) is 70.1 cm³/mol. The van der Waals surface area contributed by atoms with Gasteiger partial charge in [-0.3, -0.25) is 9.59 Å². The van der Waals surface area contributed by atoms with Crippen LogP contribution in [0.5, 0.6) is 0 Å². The minimum absolute atomic E-state index is 0.140. The summed E-state index contributed by atoms with van der Waals surface area (Å²) in [6, 6.07) is 0. The van der Waals surface area contributed by atoms with Gasteiger partial charge < -0.3 is 9.47 Å². The molecule has 0 unspecified atom stereocenters. The second-order valence-corrected chi connectivity index (χ2v) is 4.71. The Balaban J connectivity index is 3.34. The Kier molecular flexibility index (Phi) is 10.4. The number of carbonyl (C=O) groups is 2. The van der Waals surface area contributed by atoms with Crippen molar-refractivity contribution < 1.29 is 19.1 Å². The molecule has 0 rings (SSSR count). The third kappa shape index (κ3) is 10.1. The van der Waals surface area contributed by atoms with Crippen LogP contribution >= 0.6 is 0 Å². The Morgan fingerprint density at radius 3 is 2.17 bits per heavy atom. The summed E-state index contributed by atoms with van der Waals surface area (Å²) in [5.41, 5.74) is 0. The van der Waals surface area contributed by atoms with Gasteiger partial charge in [0.1, 0.15) is 13.2 Å². The largest absolute Gasteiger partial charge is 0.462 e. The van der Waals surface area contributed by atoms with Crippen LogP contribution in [0, 0.1) is 5.92 Å². The molecule has 0 aromatic heterocycles. The predicted octanol–water partition coefficient (Wildman–Crippen LogP) is 3.09. The molecule has 0 N–H and O–H groups in total. The van der Waals surface area contributed by atoms with E-state index in [1.165, 1.54) is 19.3 Å². The molecule has 0 fully saturated rings. The van der Waals surface area contributed by atoms with Gasteiger partial charge in [0.2, 0.25) is 0 Å². The number of unbranched alkanes of at least 4 members (excludes halogenated alkanes) is 4. The summed E-state index contributed by atoms with van der Waals surface area (Å²) in [6.07, 6.45) is 6.01. The first-order chi connectivity index (χ1) is 8.57. The zero-order chi connectivity index (χ0) is 13.8.